The number of rotatable bonds is 9. The van der Waals surface area contributed by atoms with Crippen LogP contribution >= 0.6 is 0 Å². The van der Waals surface area contributed by atoms with Crippen molar-refractivity contribution in [2.24, 2.45) is 11.5 Å². The second-order valence-electron chi connectivity index (χ2n) is 6.85. The summed E-state index contributed by atoms with van der Waals surface area (Å²) >= 11 is 0. The zero-order chi connectivity index (χ0) is 21.7. The molecule has 6 N–H and O–H groups in total. The Morgan fingerprint density at radius 1 is 1.33 bits per heavy atom. The van der Waals surface area contributed by atoms with Gasteiger partial charge in [-0.2, -0.15) is 5.10 Å². The maximum absolute atomic E-state index is 14.6. The molecule has 0 bridgehead atoms. The number of nitrogens with zero attached hydrogens (tertiary/aromatic N) is 5. The fourth-order valence-electron chi connectivity index (χ4n) is 2.91. The monoisotopic (exact) mass is 413 g/mol. The fourth-order valence-corrected chi connectivity index (χ4v) is 2.91. The standard InChI is InChI=1S/C19H24FN9O/c1-3-4-15(11(2)21)27-19-14(20)8-13(17(22)30)18(28-19)26-12-5-6-24-16(7-12)29-10-23-9-25-29/h5-11,15H,3-4,21H2,1-2H3,(H2,22,30)(H2,24,26,27,28)/t11-,15+/m0/s1. The molecule has 0 aliphatic carbocycles. The Balaban J connectivity index is 1.95. The predicted molar refractivity (Wildman–Crippen MR) is 111 cm³/mol. The molecule has 0 unspecified atom stereocenters. The minimum atomic E-state index is -0.807. The summed E-state index contributed by atoms with van der Waals surface area (Å²) < 4.78 is 16.1. The van der Waals surface area contributed by atoms with Gasteiger partial charge in [-0.05, 0) is 25.5 Å². The van der Waals surface area contributed by atoms with E-state index >= 15 is 0 Å². The molecule has 10 nitrogen and oxygen atoms in total. The number of amides is 1. The van der Waals surface area contributed by atoms with Crippen molar-refractivity contribution in [3.8, 4) is 5.82 Å². The highest BCUT2D eigenvalue weighted by molar-refractivity contribution is 5.98. The van der Waals surface area contributed by atoms with Crippen LogP contribution in [0.5, 0.6) is 0 Å². The van der Waals surface area contributed by atoms with Gasteiger partial charge in [0.15, 0.2) is 17.5 Å². The number of anilines is 3. The lowest BCUT2D eigenvalue weighted by Crippen LogP contribution is -2.38. The summed E-state index contributed by atoms with van der Waals surface area (Å²) in [6.07, 6.45) is 6.05. The lowest BCUT2D eigenvalue weighted by atomic mass is 10.1. The number of carbonyl (C=O) groups excluding carboxylic acids is 1. The van der Waals surface area contributed by atoms with Crippen LogP contribution in [0.15, 0.2) is 37.1 Å². The first-order valence-corrected chi connectivity index (χ1v) is 9.49. The van der Waals surface area contributed by atoms with Crippen molar-refractivity contribution in [2.45, 2.75) is 38.8 Å². The van der Waals surface area contributed by atoms with Crippen LogP contribution in [-0.2, 0) is 0 Å². The molecule has 11 heteroatoms. The van der Waals surface area contributed by atoms with E-state index in [0.717, 1.165) is 18.9 Å². The maximum Gasteiger partial charge on any atom is 0.252 e. The third-order valence-electron chi connectivity index (χ3n) is 4.46. The summed E-state index contributed by atoms with van der Waals surface area (Å²) in [6, 6.07) is 4.02. The second kappa shape index (κ2) is 9.27. The summed E-state index contributed by atoms with van der Waals surface area (Å²) in [6.45, 7) is 3.85. The average molecular weight is 413 g/mol. The summed E-state index contributed by atoms with van der Waals surface area (Å²) in [5.41, 5.74) is 11.9. The normalized spacial score (nSPS) is 12.9. The van der Waals surface area contributed by atoms with Crippen LogP contribution in [0.4, 0.5) is 21.7 Å². The van der Waals surface area contributed by atoms with E-state index < -0.39 is 11.7 Å². The summed E-state index contributed by atoms with van der Waals surface area (Å²) in [4.78, 5) is 24.2. The van der Waals surface area contributed by atoms with Crippen LogP contribution in [-0.4, -0.2) is 42.7 Å². The van der Waals surface area contributed by atoms with E-state index in [1.54, 1.807) is 18.3 Å². The topological polar surface area (TPSA) is 150 Å². The minimum Gasteiger partial charge on any atom is -0.365 e. The van der Waals surface area contributed by atoms with Gasteiger partial charge < -0.3 is 22.1 Å². The molecule has 0 radical (unpaired) electrons. The summed E-state index contributed by atoms with van der Waals surface area (Å²) in [7, 11) is 0. The van der Waals surface area contributed by atoms with Crippen molar-refractivity contribution in [1.82, 2.24) is 24.7 Å². The summed E-state index contributed by atoms with van der Waals surface area (Å²) in [5.74, 6) is -0.892. The zero-order valence-corrected chi connectivity index (χ0v) is 16.7. The Bertz CT molecular complexity index is 1010. The van der Waals surface area contributed by atoms with E-state index in [0.29, 0.717) is 11.5 Å². The van der Waals surface area contributed by atoms with E-state index in [4.69, 9.17) is 11.5 Å². The van der Waals surface area contributed by atoms with Crippen LogP contribution in [0.2, 0.25) is 0 Å². The average Bonchev–Trinajstić information content (AvgIpc) is 3.24. The van der Waals surface area contributed by atoms with Crippen LogP contribution < -0.4 is 22.1 Å². The number of nitrogens with two attached hydrogens (primary N) is 2. The number of carbonyl (C=O) groups is 1. The number of primary amides is 1. The number of nitrogens with one attached hydrogen (secondary N) is 2. The van der Waals surface area contributed by atoms with Gasteiger partial charge in [-0.15, -0.1) is 0 Å². The van der Waals surface area contributed by atoms with Crippen molar-refractivity contribution >= 4 is 23.2 Å². The molecule has 3 heterocycles. The molecule has 0 saturated heterocycles. The Labute approximate surface area is 172 Å². The Morgan fingerprint density at radius 3 is 2.77 bits per heavy atom. The Kier molecular flexibility index (Phi) is 6.52. The SMILES string of the molecule is CCC[C@@H](Nc1nc(Nc2ccnc(-n3cncn3)c2)c(C(N)=O)cc1F)[C@H](C)N. The number of aromatic nitrogens is 5. The molecule has 3 rings (SSSR count). The highest BCUT2D eigenvalue weighted by Crippen LogP contribution is 2.25. The number of halogens is 1. The van der Waals surface area contributed by atoms with Gasteiger partial charge in [0.05, 0.1) is 5.56 Å². The van der Waals surface area contributed by atoms with Gasteiger partial charge in [0.25, 0.3) is 5.91 Å². The molecule has 158 valence electrons. The fraction of sp³-hybridized carbons (Fsp3) is 0.316. The van der Waals surface area contributed by atoms with Gasteiger partial charge in [-0.3, -0.25) is 4.79 Å². The quantitative estimate of drug-likeness (QED) is 0.416. The molecule has 0 aliphatic rings. The minimum absolute atomic E-state index is 0.0104. The van der Waals surface area contributed by atoms with Gasteiger partial charge in [0.2, 0.25) is 0 Å². The lowest BCUT2D eigenvalue weighted by molar-refractivity contribution is 0.100. The number of pyridine rings is 2. The van der Waals surface area contributed by atoms with E-state index in [1.807, 2.05) is 13.8 Å². The highest BCUT2D eigenvalue weighted by atomic mass is 19.1. The maximum atomic E-state index is 14.6. The molecule has 3 aromatic rings. The Hall–Kier alpha value is -3.60. The van der Waals surface area contributed by atoms with E-state index in [1.165, 1.54) is 17.3 Å². The zero-order valence-electron chi connectivity index (χ0n) is 16.7. The van der Waals surface area contributed by atoms with Crippen molar-refractivity contribution < 1.29 is 9.18 Å². The van der Waals surface area contributed by atoms with Gasteiger partial charge >= 0.3 is 0 Å². The molecule has 3 aromatic heterocycles. The molecule has 0 saturated carbocycles. The van der Waals surface area contributed by atoms with Crippen molar-refractivity contribution in [3.05, 3.63) is 48.4 Å². The third kappa shape index (κ3) is 4.87. The molecular weight excluding hydrogens is 389 g/mol. The van der Waals surface area contributed by atoms with E-state index in [9.17, 15) is 9.18 Å². The molecule has 0 spiro atoms. The molecule has 1 amide bonds. The Morgan fingerprint density at radius 2 is 2.13 bits per heavy atom. The largest absolute Gasteiger partial charge is 0.365 e. The highest BCUT2D eigenvalue weighted by Gasteiger charge is 2.20. The first-order chi connectivity index (χ1) is 14.4. The number of hydrogen-bond acceptors (Lipinski definition) is 8. The molecule has 0 fully saturated rings. The van der Waals surface area contributed by atoms with Crippen molar-refractivity contribution in [2.75, 3.05) is 10.6 Å². The predicted octanol–water partition coefficient (Wildman–Crippen LogP) is 1.97. The molecular formula is C19H24FN9O. The van der Waals surface area contributed by atoms with Gasteiger partial charge in [-0.25, -0.2) is 24.0 Å². The molecule has 0 aromatic carbocycles. The van der Waals surface area contributed by atoms with Crippen LogP contribution in [0.3, 0.4) is 0 Å². The molecule has 0 aliphatic heterocycles. The van der Waals surface area contributed by atoms with E-state index in [2.05, 4.69) is 30.7 Å². The smallest absolute Gasteiger partial charge is 0.252 e. The first kappa shape index (κ1) is 21.1. The molecule has 30 heavy (non-hydrogen) atoms. The molecule has 2 atom stereocenters. The van der Waals surface area contributed by atoms with Gasteiger partial charge in [-0.1, -0.05) is 13.3 Å². The van der Waals surface area contributed by atoms with Crippen LogP contribution in [0.1, 0.15) is 37.0 Å². The van der Waals surface area contributed by atoms with Crippen LogP contribution in [0.25, 0.3) is 5.82 Å². The van der Waals surface area contributed by atoms with Gasteiger partial charge in [0.1, 0.15) is 18.5 Å². The second-order valence-corrected chi connectivity index (χ2v) is 6.85. The number of hydrogen-bond donors (Lipinski definition) is 4. The summed E-state index contributed by atoms with van der Waals surface area (Å²) in [5, 5.41) is 10.1. The first-order valence-electron chi connectivity index (χ1n) is 9.49. The van der Waals surface area contributed by atoms with Crippen molar-refractivity contribution in [3.63, 3.8) is 0 Å². The van der Waals surface area contributed by atoms with E-state index in [-0.39, 0.29) is 29.3 Å². The van der Waals surface area contributed by atoms with Crippen molar-refractivity contribution in [1.29, 1.82) is 0 Å². The lowest BCUT2D eigenvalue weighted by Gasteiger charge is -2.23. The van der Waals surface area contributed by atoms with Crippen LogP contribution in [0, 0.1) is 5.82 Å². The third-order valence-corrected chi connectivity index (χ3v) is 4.46. The van der Waals surface area contributed by atoms with Gasteiger partial charge in [0, 0.05) is 30.0 Å².